The van der Waals surface area contributed by atoms with Crippen LogP contribution in [-0.4, -0.2) is 24.8 Å². The van der Waals surface area contributed by atoms with Crippen LogP contribution in [0.5, 0.6) is 11.6 Å². The maximum absolute atomic E-state index is 13.0. The minimum absolute atomic E-state index is 0.0251. The van der Waals surface area contributed by atoms with Crippen LogP contribution >= 0.6 is 0 Å². The van der Waals surface area contributed by atoms with Crippen LogP contribution in [0.4, 0.5) is 4.39 Å². The molecule has 0 atom stereocenters. The average Bonchev–Trinajstić information content (AvgIpc) is 2.73. The van der Waals surface area contributed by atoms with Crippen molar-refractivity contribution in [2.75, 3.05) is 0 Å². The van der Waals surface area contributed by atoms with Gasteiger partial charge in [-0.05, 0) is 75.2 Å². The van der Waals surface area contributed by atoms with E-state index in [0.717, 1.165) is 5.56 Å². The van der Waals surface area contributed by atoms with Gasteiger partial charge in [0.15, 0.2) is 0 Å². The highest BCUT2D eigenvalue weighted by Crippen LogP contribution is 2.20. The Morgan fingerprint density at radius 2 is 1.76 bits per heavy atom. The molecule has 0 spiro atoms. The highest BCUT2D eigenvalue weighted by molar-refractivity contribution is 7.89. The molecule has 33 heavy (non-hydrogen) atoms. The van der Waals surface area contributed by atoms with Crippen molar-refractivity contribution in [3.05, 3.63) is 83.3 Å². The summed E-state index contributed by atoms with van der Waals surface area (Å²) in [6, 6.07) is 13.4. The number of sulfonamides is 1. The van der Waals surface area contributed by atoms with Gasteiger partial charge in [-0.1, -0.05) is 12.1 Å². The summed E-state index contributed by atoms with van der Waals surface area (Å²) in [7, 11) is -3.77. The molecule has 0 radical (unpaired) electrons. The molecule has 2 N–H and O–H groups in total. The van der Waals surface area contributed by atoms with Crippen molar-refractivity contribution >= 4 is 15.9 Å². The van der Waals surface area contributed by atoms with Gasteiger partial charge in [-0.15, -0.1) is 0 Å². The van der Waals surface area contributed by atoms with E-state index in [9.17, 15) is 17.6 Å². The molecule has 3 rings (SSSR count). The number of aryl methyl sites for hydroxylation is 1. The Morgan fingerprint density at radius 3 is 2.36 bits per heavy atom. The van der Waals surface area contributed by atoms with Crippen molar-refractivity contribution in [3.63, 3.8) is 0 Å². The van der Waals surface area contributed by atoms with E-state index in [-0.39, 0.29) is 22.8 Å². The van der Waals surface area contributed by atoms with Gasteiger partial charge in [-0.2, -0.15) is 0 Å². The lowest BCUT2D eigenvalue weighted by molar-refractivity contribution is 0.0950. The smallest absolute Gasteiger partial charge is 0.251 e. The van der Waals surface area contributed by atoms with E-state index < -0.39 is 21.5 Å². The molecule has 7 nitrogen and oxygen atoms in total. The fraction of sp³-hybridized carbons (Fsp3) is 0.250. The lowest BCUT2D eigenvalue weighted by atomic mass is 10.1. The van der Waals surface area contributed by atoms with Crippen LogP contribution in [0.25, 0.3) is 0 Å². The second kappa shape index (κ2) is 9.68. The van der Waals surface area contributed by atoms with Crippen molar-refractivity contribution in [3.8, 4) is 11.6 Å². The number of hydrogen-bond acceptors (Lipinski definition) is 5. The second-order valence-corrected chi connectivity index (χ2v) is 10.3. The van der Waals surface area contributed by atoms with Crippen LogP contribution < -0.4 is 14.8 Å². The first-order chi connectivity index (χ1) is 15.4. The van der Waals surface area contributed by atoms with Gasteiger partial charge < -0.3 is 10.1 Å². The van der Waals surface area contributed by atoms with Gasteiger partial charge in [0.2, 0.25) is 15.9 Å². The van der Waals surface area contributed by atoms with Gasteiger partial charge >= 0.3 is 0 Å². The van der Waals surface area contributed by atoms with Crippen LogP contribution in [0.1, 0.15) is 42.3 Å². The molecule has 1 aromatic heterocycles. The van der Waals surface area contributed by atoms with Gasteiger partial charge in [0.05, 0.1) is 4.90 Å². The maximum Gasteiger partial charge on any atom is 0.251 e. The van der Waals surface area contributed by atoms with E-state index in [0.29, 0.717) is 17.2 Å². The van der Waals surface area contributed by atoms with Gasteiger partial charge in [-0.3, -0.25) is 4.79 Å². The number of carbonyl (C=O) groups excluding carboxylic acids is 1. The molecule has 2 aromatic carbocycles. The molecule has 174 valence electrons. The number of rotatable bonds is 7. The average molecular weight is 472 g/mol. The Bertz CT molecular complexity index is 1240. The van der Waals surface area contributed by atoms with Crippen molar-refractivity contribution in [2.24, 2.45) is 0 Å². The lowest BCUT2D eigenvalue weighted by Gasteiger charge is -2.20. The molecule has 1 heterocycles. The molecule has 0 bridgehead atoms. The van der Waals surface area contributed by atoms with E-state index in [1.165, 1.54) is 36.4 Å². The lowest BCUT2D eigenvalue weighted by Crippen LogP contribution is -2.40. The molecule has 3 aromatic rings. The van der Waals surface area contributed by atoms with Crippen LogP contribution in [0, 0.1) is 12.7 Å². The minimum atomic E-state index is -3.77. The first kappa shape index (κ1) is 24.3. The zero-order valence-corrected chi connectivity index (χ0v) is 19.7. The number of pyridine rings is 1. The predicted octanol–water partition coefficient (Wildman–Crippen LogP) is 4.33. The molecule has 0 saturated heterocycles. The summed E-state index contributed by atoms with van der Waals surface area (Å²) in [6.07, 6.45) is 1.56. The molecule has 0 aliphatic carbocycles. The summed E-state index contributed by atoms with van der Waals surface area (Å²) in [4.78, 5) is 17.0. The van der Waals surface area contributed by atoms with Crippen molar-refractivity contribution in [1.29, 1.82) is 0 Å². The molecule has 0 aliphatic heterocycles. The van der Waals surface area contributed by atoms with Gasteiger partial charge in [0.1, 0.15) is 11.6 Å². The number of nitrogens with one attached hydrogen (secondary N) is 2. The summed E-state index contributed by atoms with van der Waals surface area (Å²) in [5.41, 5.74) is 1.01. The standard InChI is InChI=1S/C24H26FN3O4S/c1-16-5-11-20(33(30,31)28-24(2,3)4)13-21(16)23(29)27-15-17-6-12-22(26-14-17)32-19-9-7-18(25)8-10-19/h5-14,28H,15H2,1-4H3,(H,27,29). The number of amides is 1. The van der Waals surface area contributed by atoms with E-state index in [1.54, 1.807) is 52.1 Å². The molecular formula is C24H26FN3O4S. The fourth-order valence-electron chi connectivity index (χ4n) is 2.95. The highest BCUT2D eigenvalue weighted by atomic mass is 32.2. The van der Waals surface area contributed by atoms with Crippen LogP contribution in [0.2, 0.25) is 0 Å². The Hall–Kier alpha value is -3.30. The molecule has 9 heteroatoms. The van der Waals surface area contributed by atoms with E-state index in [4.69, 9.17) is 4.74 Å². The number of aromatic nitrogens is 1. The maximum atomic E-state index is 13.0. The summed E-state index contributed by atoms with van der Waals surface area (Å²) >= 11 is 0. The number of ether oxygens (including phenoxy) is 1. The Labute approximate surface area is 193 Å². The van der Waals surface area contributed by atoms with E-state index >= 15 is 0 Å². The number of hydrogen-bond donors (Lipinski definition) is 2. The van der Waals surface area contributed by atoms with Gasteiger partial charge in [0, 0.05) is 29.9 Å². The Morgan fingerprint density at radius 1 is 1.06 bits per heavy atom. The first-order valence-corrected chi connectivity index (χ1v) is 11.7. The van der Waals surface area contributed by atoms with Crippen LogP contribution in [-0.2, 0) is 16.6 Å². The third-order valence-corrected chi connectivity index (χ3v) is 6.25. The third-order valence-electron chi connectivity index (χ3n) is 4.49. The quantitative estimate of drug-likeness (QED) is 0.535. The monoisotopic (exact) mass is 471 g/mol. The second-order valence-electron chi connectivity index (χ2n) is 8.58. The van der Waals surface area contributed by atoms with Crippen molar-refractivity contribution in [1.82, 2.24) is 15.0 Å². The molecule has 0 saturated carbocycles. The van der Waals surface area contributed by atoms with Crippen molar-refractivity contribution in [2.45, 2.75) is 44.7 Å². The summed E-state index contributed by atoms with van der Waals surface area (Å²) in [5.74, 6) is 0.0326. The summed E-state index contributed by atoms with van der Waals surface area (Å²) < 4.78 is 46.3. The Kier molecular flexibility index (Phi) is 7.14. The number of halogens is 1. The minimum Gasteiger partial charge on any atom is -0.439 e. The predicted molar refractivity (Wildman–Crippen MR) is 123 cm³/mol. The zero-order chi connectivity index (χ0) is 24.2. The first-order valence-electron chi connectivity index (χ1n) is 10.2. The van der Waals surface area contributed by atoms with Crippen LogP contribution in [0.3, 0.4) is 0 Å². The Balaban J connectivity index is 1.66. The fourth-order valence-corrected chi connectivity index (χ4v) is 4.40. The number of carbonyl (C=O) groups is 1. The largest absolute Gasteiger partial charge is 0.439 e. The third kappa shape index (κ3) is 6.84. The summed E-state index contributed by atoms with van der Waals surface area (Å²) in [5, 5.41) is 2.78. The van der Waals surface area contributed by atoms with E-state index in [1.807, 2.05) is 0 Å². The highest BCUT2D eigenvalue weighted by Gasteiger charge is 2.23. The zero-order valence-electron chi connectivity index (χ0n) is 18.8. The SMILES string of the molecule is Cc1ccc(S(=O)(=O)NC(C)(C)C)cc1C(=O)NCc1ccc(Oc2ccc(F)cc2)nc1. The number of nitrogens with zero attached hydrogens (tertiary/aromatic N) is 1. The molecule has 0 aliphatic rings. The molecule has 1 amide bonds. The number of benzene rings is 2. The van der Waals surface area contributed by atoms with Gasteiger partial charge in [-0.25, -0.2) is 22.5 Å². The van der Waals surface area contributed by atoms with Crippen LogP contribution in [0.15, 0.2) is 65.7 Å². The van der Waals surface area contributed by atoms with Crippen molar-refractivity contribution < 1.29 is 22.3 Å². The molecule has 0 unspecified atom stereocenters. The van der Waals surface area contributed by atoms with Gasteiger partial charge in [0.25, 0.3) is 5.91 Å². The van der Waals surface area contributed by atoms with E-state index in [2.05, 4.69) is 15.0 Å². The topological polar surface area (TPSA) is 97.4 Å². The summed E-state index contributed by atoms with van der Waals surface area (Å²) in [6.45, 7) is 7.17. The molecule has 0 fully saturated rings. The normalized spacial score (nSPS) is 11.8. The molecular weight excluding hydrogens is 445 g/mol.